The first-order valence-electron chi connectivity index (χ1n) is 8.59. The Bertz CT molecular complexity index is 931. The van der Waals surface area contributed by atoms with Crippen LogP contribution in [0.25, 0.3) is 11.0 Å². The summed E-state index contributed by atoms with van der Waals surface area (Å²) in [5, 5.41) is 0.900. The second-order valence-corrected chi connectivity index (χ2v) is 6.10. The molecule has 0 aliphatic carbocycles. The molecule has 0 saturated carbocycles. The predicted molar refractivity (Wildman–Crippen MR) is 102 cm³/mol. The fourth-order valence-electron chi connectivity index (χ4n) is 2.97. The number of hydrogen-bond donors (Lipinski definition) is 0. The maximum Gasteiger partial charge on any atom is 0.336 e. The smallest absolute Gasteiger partial charge is 0.336 e. The summed E-state index contributed by atoms with van der Waals surface area (Å²) in [6.45, 7) is 4.40. The minimum absolute atomic E-state index is 0.335. The molecule has 136 valence electrons. The average Bonchev–Trinajstić information content (AvgIpc) is 2.67. The van der Waals surface area contributed by atoms with Gasteiger partial charge in [-0.05, 0) is 48.0 Å². The quantitative estimate of drug-likeness (QED) is 0.604. The van der Waals surface area contributed by atoms with Gasteiger partial charge in [-0.1, -0.05) is 19.1 Å². The van der Waals surface area contributed by atoms with Crippen LogP contribution in [0.3, 0.4) is 0 Å². The van der Waals surface area contributed by atoms with Crippen LogP contribution >= 0.6 is 0 Å². The van der Waals surface area contributed by atoms with E-state index < -0.39 is 0 Å². The maximum absolute atomic E-state index is 11.9. The summed E-state index contributed by atoms with van der Waals surface area (Å²) >= 11 is 0. The summed E-state index contributed by atoms with van der Waals surface area (Å²) in [7, 11) is 3.29. The summed E-state index contributed by atoms with van der Waals surface area (Å²) in [4.78, 5) is 14.2. The number of hydrogen-bond acceptors (Lipinski definition) is 5. The molecule has 0 spiro atoms. The van der Waals surface area contributed by atoms with E-state index in [1.54, 1.807) is 32.4 Å². The minimum Gasteiger partial charge on any atom is -0.497 e. The zero-order valence-corrected chi connectivity index (χ0v) is 15.3. The Morgan fingerprint density at radius 3 is 2.27 bits per heavy atom. The standard InChI is InChI=1S/C21H23NO4/c1-4-22(13-15-5-7-17(24-2)8-6-15)14-16-11-21(23)26-20-10-9-18(25-3)12-19(16)20/h5-12H,4,13-14H2,1-3H3. The number of ether oxygens (including phenoxy) is 2. The van der Waals surface area contributed by atoms with Gasteiger partial charge in [-0.25, -0.2) is 4.79 Å². The highest BCUT2D eigenvalue weighted by Gasteiger charge is 2.11. The lowest BCUT2D eigenvalue weighted by atomic mass is 10.1. The third-order valence-electron chi connectivity index (χ3n) is 4.44. The third-order valence-corrected chi connectivity index (χ3v) is 4.44. The molecule has 0 N–H and O–H groups in total. The summed E-state index contributed by atoms with van der Waals surface area (Å²) in [5.41, 5.74) is 2.37. The van der Waals surface area contributed by atoms with E-state index in [0.29, 0.717) is 12.1 Å². The highest BCUT2D eigenvalue weighted by molar-refractivity contribution is 5.81. The molecule has 0 unspecified atom stereocenters. The molecule has 0 bridgehead atoms. The van der Waals surface area contributed by atoms with Gasteiger partial charge in [-0.2, -0.15) is 0 Å². The van der Waals surface area contributed by atoms with Crippen molar-refractivity contribution in [1.82, 2.24) is 4.90 Å². The molecule has 5 nitrogen and oxygen atoms in total. The Morgan fingerprint density at radius 2 is 1.62 bits per heavy atom. The summed E-state index contributed by atoms with van der Waals surface area (Å²) < 4.78 is 15.8. The fourth-order valence-corrected chi connectivity index (χ4v) is 2.97. The van der Waals surface area contributed by atoms with Crippen molar-refractivity contribution in [1.29, 1.82) is 0 Å². The summed E-state index contributed by atoms with van der Waals surface area (Å²) in [6.07, 6.45) is 0. The Morgan fingerprint density at radius 1 is 0.923 bits per heavy atom. The highest BCUT2D eigenvalue weighted by Crippen LogP contribution is 2.24. The third kappa shape index (κ3) is 4.06. The van der Waals surface area contributed by atoms with E-state index in [9.17, 15) is 4.79 Å². The van der Waals surface area contributed by atoms with Gasteiger partial charge < -0.3 is 13.9 Å². The van der Waals surface area contributed by atoms with Gasteiger partial charge in [-0.3, -0.25) is 4.90 Å². The first-order chi connectivity index (χ1) is 12.6. The average molecular weight is 353 g/mol. The molecular weight excluding hydrogens is 330 g/mol. The molecule has 0 atom stereocenters. The van der Waals surface area contributed by atoms with Crippen molar-refractivity contribution in [3.05, 3.63) is 70.1 Å². The SMILES string of the molecule is CCN(Cc1ccc(OC)cc1)Cc1cc(=O)oc2ccc(OC)cc12. The van der Waals surface area contributed by atoms with Gasteiger partial charge in [0.1, 0.15) is 17.1 Å². The van der Waals surface area contributed by atoms with Crippen molar-refractivity contribution in [3.63, 3.8) is 0 Å². The topological polar surface area (TPSA) is 51.9 Å². The van der Waals surface area contributed by atoms with Crippen molar-refractivity contribution >= 4 is 11.0 Å². The lowest BCUT2D eigenvalue weighted by molar-refractivity contribution is 0.271. The monoisotopic (exact) mass is 353 g/mol. The molecule has 1 aromatic heterocycles. The van der Waals surface area contributed by atoms with Crippen molar-refractivity contribution < 1.29 is 13.9 Å². The Hall–Kier alpha value is -2.79. The molecule has 0 amide bonds. The number of nitrogens with zero attached hydrogens (tertiary/aromatic N) is 1. The van der Waals surface area contributed by atoms with Crippen LogP contribution in [0.4, 0.5) is 0 Å². The van der Waals surface area contributed by atoms with Crippen LogP contribution in [0, 0.1) is 0 Å². The normalized spacial score (nSPS) is 11.1. The number of methoxy groups -OCH3 is 2. The van der Waals surface area contributed by atoms with E-state index in [1.807, 2.05) is 18.2 Å². The number of fused-ring (bicyclic) bond motifs is 1. The van der Waals surface area contributed by atoms with E-state index in [-0.39, 0.29) is 5.63 Å². The maximum atomic E-state index is 11.9. The Kier molecular flexibility index (Phi) is 5.58. The lowest BCUT2D eigenvalue weighted by Gasteiger charge is -2.21. The zero-order valence-electron chi connectivity index (χ0n) is 15.3. The first kappa shape index (κ1) is 18.0. The highest BCUT2D eigenvalue weighted by atomic mass is 16.5. The van der Waals surface area contributed by atoms with Gasteiger partial charge >= 0.3 is 5.63 Å². The molecule has 5 heteroatoms. The minimum atomic E-state index is -0.335. The van der Waals surface area contributed by atoms with Crippen LogP contribution in [-0.2, 0) is 13.1 Å². The first-order valence-corrected chi connectivity index (χ1v) is 8.59. The van der Waals surface area contributed by atoms with Gasteiger partial charge in [0, 0.05) is 24.5 Å². The fraction of sp³-hybridized carbons (Fsp3) is 0.286. The van der Waals surface area contributed by atoms with Crippen molar-refractivity contribution in [2.24, 2.45) is 0 Å². The molecule has 3 aromatic rings. The van der Waals surface area contributed by atoms with E-state index in [1.165, 1.54) is 5.56 Å². The summed E-state index contributed by atoms with van der Waals surface area (Å²) in [6, 6.07) is 15.1. The van der Waals surface area contributed by atoms with E-state index >= 15 is 0 Å². The lowest BCUT2D eigenvalue weighted by Crippen LogP contribution is -2.23. The second kappa shape index (κ2) is 8.06. The predicted octanol–water partition coefficient (Wildman–Crippen LogP) is 3.83. The molecule has 1 heterocycles. The number of benzene rings is 2. The molecule has 0 aliphatic rings. The second-order valence-electron chi connectivity index (χ2n) is 6.10. The number of rotatable bonds is 7. The van der Waals surface area contributed by atoms with Crippen LogP contribution < -0.4 is 15.1 Å². The van der Waals surface area contributed by atoms with E-state index in [0.717, 1.165) is 35.5 Å². The summed E-state index contributed by atoms with van der Waals surface area (Å²) in [5.74, 6) is 1.58. The molecule has 0 fully saturated rings. The molecule has 26 heavy (non-hydrogen) atoms. The van der Waals surface area contributed by atoms with Crippen LogP contribution in [0.1, 0.15) is 18.1 Å². The van der Waals surface area contributed by atoms with Gasteiger partial charge in [-0.15, -0.1) is 0 Å². The van der Waals surface area contributed by atoms with Crippen LogP contribution in [0.15, 0.2) is 57.7 Å². The van der Waals surface area contributed by atoms with Crippen LogP contribution in [-0.4, -0.2) is 25.7 Å². The largest absolute Gasteiger partial charge is 0.497 e. The molecule has 0 aliphatic heterocycles. The molecule has 0 radical (unpaired) electrons. The van der Waals surface area contributed by atoms with E-state index in [4.69, 9.17) is 13.9 Å². The van der Waals surface area contributed by atoms with Crippen molar-refractivity contribution in [2.45, 2.75) is 20.0 Å². The van der Waals surface area contributed by atoms with Crippen LogP contribution in [0.5, 0.6) is 11.5 Å². The molecule has 0 saturated heterocycles. The molecule has 2 aromatic carbocycles. The van der Waals surface area contributed by atoms with Gasteiger partial charge in [0.25, 0.3) is 0 Å². The van der Waals surface area contributed by atoms with Crippen molar-refractivity contribution in [2.75, 3.05) is 20.8 Å². The Balaban J connectivity index is 1.88. The van der Waals surface area contributed by atoms with Crippen molar-refractivity contribution in [3.8, 4) is 11.5 Å². The Labute approximate surface area is 152 Å². The van der Waals surface area contributed by atoms with Gasteiger partial charge in [0.2, 0.25) is 0 Å². The van der Waals surface area contributed by atoms with Crippen LogP contribution in [0.2, 0.25) is 0 Å². The zero-order chi connectivity index (χ0) is 18.5. The van der Waals surface area contributed by atoms with E-state index in [2.05, 4.69) is 24.0 Å². The molecular formula is C21H23NO4. The molecule has 3 rings (SSSR count). The van der Waals surface area contributed by atoms with Gasteiger partial charge in [0.05, 0.1) is 14.2 Å². The van der Waals surface area contributed by atoms with Gasteiger partial charge in [0.15, 0.2) is 0 Å².